The van der Waals surface area contributed by atoms with Crippen LogP contribution in [0.3, 0.4) is 0 Å². The van der Waals surface area contributed by atoms with Gasteiger partial charge in [0.05, 0.1) is 16.7 Å². The van der Waals surface area contributed by atoms with Gasteiger partial charge in [0.25, 0.3) is 5.91 Å². The van der Waals surface area contributed by atoms with E-state index >= 15 is 0 Å². The molecule has 7 nitrogen and oxygen atoms in total. The molecule has 0 spiro atoms. The number of aromatic nitrogens is 4. The molecule has 7 heteroatoms. The van der Waals surface area contributed by atoms with Gasteiger partial charge in [0.2, 0.25) is 0 Å². The van der Waals surface area contributed by atoms with E-state index in [2.05, 4.69) is 36.4 Å². The van der Waals surface area contributed by atoms with Crippen molar-refractivity contribution in [1.29, 1.82) is 0 Å². The van der Waals surface area contributed by atoms with Crippen LogP contribution in [-0.4, -0.2) is 45.7 Å². The zero-order chi connectivity index (χ0) is 19.1. The second-order valence-corrected chi connectivity index (χ2v) is 7.92. The molecule has 28 heavy (non-hydrogen) atoms. The molecule has 1 aliphatic carbocycles. The van der Waals surface area contributed by atoms with E-state index < -0.39 is 0 Å². The predicted molar refractivity (Wildman–Crippen MR) is 108 cm³/mol. The van der Waals surface area contributed by atoms with Crippen LogP contribution in [0.5, 0.6) is 0 Å². The maximum absolute atomic E-state index is 12.5. The van der Waals surface area contributed by atoms with E-state index in [4.69, 9.17) is 0 Å². The number of rotatable bonds is 4. The number of nitrogens with one attached hydrogen (secondary N) is 2. The standard InChI is InChI=1S/C21H24N6O/c1-13-23-18-7-6-16(8-19(18)24-13)21(28)22-10-14-11-27(12-14)20-9-15-4-2-3-5-17(15)25-26-20/h6-9,14H,2-5,10-12H2,1H3,(H,22,28)(H,23,24). The lowest BCUT2D eigenvalue weighted by molar-refractivity contribution is 0.0944. The van der Waals surface area contributed by atoms with E-state index in [1.807, 2.05) is 25.1 Å². The Morgan fingerprint density at radius 3 is 2.96 bits per heavy atom. The Hall–Kier alpha value is -2.96. The Balaban J connectivity index is 1.16. The topological polar surface area (TPSA) is 86.8 Å². The maximum atomic E-state index is 12.5. The zero-order valence-electron chi connectivity index (χ0n) is 16.0. The van der Waals surface area contributed by atoms with Gasteiger partial charge in [-0.05, 0) is 62.4 Å². The van der Waals surface area contributed by atoms with Gasteiger partial charge in [0.1, 0.15) is 5.82 Å². The number of benzene rings is 1. The smallest absolute Gasteiger partial charge is 0.251 e. The highest BCUT2D eigenvalue weighted by Crippen LogP contribution is 2.26. The highest BCUT2D eigenvalue weighted by molar-refractivity contribution is 5.97. The van der Waals surface area contributed by atoms with Crippen LogP contribution >= 0.6 is 0 Å². The molecule has 3 heterocycles. The van der Waals surface area contributed by atoms with Crippen LogP contribution in [0, 0.1) is 12.8 Å². The summed E-state index contributed by atoms with van der Waals surface area (Å²) in [6.45, 7) is 4.40. The molecule has 2 aromatic heterocycles. The molecule has 0 atom stereocenters. The number of imidazole rings is 1. The number of fused-ring (bicyclic) bond motifs is 2. The Kier molecular flexibility index (Phi) is 4.22. The normalized spacial score (nSPS) is 16.7. The van der Waals surface area contributed by atoms with Crippen LogP contribution in [0.25, 0.3) is 11.0 Å². The van der Waals surface area contributed by atoms with Gasteiger partial charge < -0.3 is 15.2 Å². The Labute approximate surface area is 163 Å². The molecule has 2 aliphatic rings. The first-order valence-corrected chi connectivity index (χ1v) is 10.0. The number of nitrogens with zero attached hydrogens (tertiary/aromatic N) is 4. The molecule has 5 rings (SSSR count). The summed E-state index contributed by atoms with van der Waals surface area (Å²) >= 11 is 0. The zero-order valence-corrected chi connectivity index (χ0v) is 16.0. The summed E-state index contributed by atoms with van der Waals surface area (Å²) in [5.74, 6) is 2.23. The average molecular weight is 376 g/mol. The maximum Gasteiger partial charge on any atom is 0.251 e. The van der Waals surface area contributed by atoms with Gasteiger partial charge in [0.15, 0.2) is 5.82 Å². The van der Waals surface area contributed by atoms with Crippen molar-refractivity contribution in [2.75, 3.05) is 24.5 Å². The molecule has 0 saturated carbocycles. The molecule has 0 radical (unpaired) electrons. The molecule has 0 unspecified atom stereocenters. The first kappa shape index (κ1) is 17.2. The van der Waals surface area contributed by atoms with Gasteiger partial charge in [-0.15, -0.1) is 5.10 Å². The molecular weight excluding hydrogens is 352 g/mol. The lowest BCUT2D eigenvalue weighted by Gasteiger charge is -2.40. The largest absolute Gasteiger partial charge is 0.354 e. The SMILES string of the molecule is Cc1nc2ccc(C(=O)NCC3CN(c4cc5c(nn4)CCCC5)C3)cc2[nH]1. The second kappa shape index (κ2) is 6.89. The van der Waals surface area contributed by atoms with Gasteiger partial charge in [-0.2, -0.15) is 5.10 Å². The number of aryl methyl sites for hydroxylation is 3. The van der Waals surface area contributed by atoms with E-state index in [-0.39, 0.29) is 5.91 Å². The van der Waals surface area contributed by atoms with Gasteiger partial charge in [-0.1, -0.05) is 0 Å². The van der Waals surface area contributed by atoms with Crippen molar-refractivity contribution in [2.24, 2.45) is 5.92 Å². The number of H-pyrrole nitrogens is 1. The number of aromatic amines is 1. The number of hydrogen-bond acceptors (Lipinski definition) is 5. The minimum Gasteiger partial charge on any atom is -0.354 e. The summed E-state index contributed by atoms with van der Waals surface area (Å²) in [4.78, 5) is 22.3. The molecule has 1 amide bonds. The molecule has 0 bridgehead atoms. The molecule has 1 fully saturated rings. The van der Waals surface area contributed by atoms with Crippen molar-refractivity contribution < 1.29 is 4.79 Å². The predicted octanol–water partition coefficient (Wildman–Crippen LogP) is 2.41. The van der Waals surface area contributed by atoms with E-state index in [9.17, 15) is 4.79 Å². The van der Waals surface area contributed by atoms with Crippen LogP contribution in [0.2, 0.25) is 0 Å². The van der Waals surface area contributed by atoms with E-state index in [1.165, 1.54) is 24.1 Å². The first-order chi connectivity index (χ1) is 13.7. The summed E-state index contributed by atoms with van der Waals surface area (Å²) in [5, 5.41) is 11.9. The molecule has 1 aromatic carbocycles. The van der Waals surface area contributed by atoms with Crippen molar-refractivity contribution in [3.8, 4) is 0 Å². The van der Waals surface area contributed by atoms with Crippen LogP contribution in [0.4, 0.5) is 5.82 Å². The van der Waals surface area contributed by atoms with Crippen LogP contribution in [0.15, 0.2) is 24.3 Å². The lowest BCUT2D eigenvalue weighted by Crippen LogP contribution is -2.52. The van der Waals surface area contributed by atoms with Crippen molar-refractivity contribution in [3.05, 3.63) is 46.9 Å². The van der Waals surface area contributed by atoms with Crippen molar-refractivity contribution in [3.63, 3.8) is 0 Å². The third-order valence-electron chi connectivity index (χ3n) is 5.75. The molecular formula is C21H24N6O. The quantitative estimate of drug-likeness (QED) is 0.730. The fourth-order valence-corrected chi connectivity index (χ4v) is 4.14. The summed E-state index contributed by atoms with van der Waals surface area (Å²) in [5.41, 5.74) is 4.97. The fourth-order valence-electron chi connectivity index (χ4n) is 4.14. The minimum atomic E-state index is -0.0406. The van der Waals surface area contributed by atoms with Gasteiger partial charge in [0, 0.05) is 31.1 Å². The van der Waals surface area contributed by atoms with E-state index in [0.29, 0.717) is 18.0 Å². The van der Waals surface area contributed by atoms with Gasteiger partial charge in [-0.3, -0.25) is 4.79 Å². The minimum absolute atomic E-state index is 0.0406. The van der Waals surface area contributed by atoms with Crippen molar-refractivity contribution >= 4 is 22.8 Å². The lowest BCUT2D eigenvalue weighted by atomic mass is 9.95. The summed E-state index contributed by atoms with van der Waals surface area (Å²) in [7, 11) is 0. The summed E-state index contributed by atoms with van der Waals surface area (Å²) < 4.78 is 0. The molecule has 144 valence electrons. The van der Waals surface area contributed by atoms with Crippen LogP contribution in [0.1, 0.15) is 40.3 Å². The highest BCUT2D eigenvalue weighted by atomic mass is 16.1. The third-order valence-corrected chi connectivity index (χ3v) is 5.75. The second-order valence-electron chi connectivity index (χ2n) is 7.92. The molecule has 1 saturated heterocycles. The van der Waals surface area contributed by atoms with E-state index in [0.717, 1.165) is 48.6 Å². The molecule has 2 N–H and O–H groups in total. The number of carbonyl (C=O) groups excluding carboxylic acids is 1. The first-order valence-electron chi connectivity index (χ1n) is 10.0. The van der Waals surface area contributed by atoms with Crippen LogP contribution < -0.4 is 10.2 Å². The number of hydrogen-bond donors (Lipinski definition) is 2. The Morgan fingerprint density at radius 2 is 2.07 bits per heavy atom. The monoisotopic (exact) mass is 376 g/mol. The number of carbonyl (C=O) groups is 1. The van der Waals surface area contributed by atoms with Gasteiger partial charge >= 0.3 is 0 Å². The Morgan fingerprint density at radius 1 is 1.21 bits per heavy atom. The van der Waals surface area contributed by atoms with E-state index in [1.54, 1.807) is 0 Å². The van der Waals surface area contributed by atoms with Crippen molar-refractivity contribution in [2.45, 2.75) is 32.6 Å². The average Bonchev–Trinajstić information content (AvgIpc) is 3.05. The third kappa shape index (κ3) is 3.21. The highest BCUT2D eigenvalue weighted by Gasteiger charge is 2.29. The van der Waals surface area contributed by atoms with Crippen molar-refractivity contribution in [1.82, 2.24) is 25.5 Å². The molecule has 1 aliphatic heterocycles. The Bertz CT molecular complexity index is 1040. The molecule has 3 aromatic rings. The van der Waals surface area contributed by atoms with Crippen LogP contribution in [-0.2, 0) is 12.8 Å². The fraction of sp³-hybridized carbons (Fsp3) is 0.429. The van der Waals surface area contributed by atoms with Gasteiger partial charge in [-0.25, -0.2) is 4.98 Å². The summed E-state index contributed by atoms with van der Waals surface area (Å²) in [6.07, 6.45) is 4.64. The summed E-state index contributed by atoms with van der Waals surface area (Å²) in [6, 6.07) is 7.78. The number of amides is 1. The number of anilines is 1.